The molecule has 1 aromatic rings. The number of aliphatic hydroxyl groups excluding tert-OH is 1. The highest BCUT2D eigenvalue weighted by Gasteiger charge is 2.08. The van der Waals surface area contributed by atoms with Gasteiger partial charge in [0, 0.05) is 35.9 Å². The summed E-state index contributed by atoms with van der Waals surface area (Å²) in [6.07, 6.45) is 0.542. The van der Waals surface area contributed by atoms with E-state index in [0.29, 0.717) is 28.7 Å². The van der Waals surface area contributed by atoms with Gasteiger partial charge in [-0.25, -0.2) is 4.79 Å². The summed E-state index contributed by atoms with van der Waals surface area (Å²) < 4.78 is 0. The Hall–Kier alpha value is -0.970. The minimum absolute atomic E-state index is 0.0562. The molecule has 0 heterocycles. The molecule has 0 unspecified atom stereocenters. The van der Waals surface area contributed by atoms with Crippen LogP contribution in [0, 0.1) is 0 Å². The molecule has 0 aromatic heterocycles. The predicted octanol–water partition coefficient (Wildman–Crippen LogP) is 2.84. The fourth-order valence-electron chi connectivity index (χ4n) is 1.25. The molecule has 0 saturated heterocycles. The zero-order valence-electron chi connectivity index (χ0n) is 9.41. The second-order valence-electron chi connectivity index (χ2n) is 3.59. The topological polar surface area (TPSA) is 52.6 Å². The molecule has 0 radical (unpaired) electrons. The Labute approximate surface area is 110 Å². The van der Waals surface area contributed by atoms with Crippen LogP contribution in [0.15, 0.2) is 18.2 Å². The number of carbonyl (C=O) groups excluding carboxylic acids is 1. The quantitative estimate of drug-likeness (QED) is 0.889. The molecule has 0 atom stereocenters. The summed E-state index contributed by atoms with van der Waals surface area (Å²) in [6, 6.07) is 4.56. The number of carbonyl (C=O) groups is 1. The van der Waals surface area contributed by atoms with Crippen molar-refractivity contribution in [3.63, 3.8) is 0 Å². The lowest BCUT2D eigenvalue weighted by molar-refractivity contribution is 0.214. The van der Waals surface area contributed by atoms with Crippen molar-refractivity contribution in [2.75, 3.05) is 25.5 Å². The Bertz CT molecular complexity index is 379. The van der Waals surface area contributed by atoms with Crippen molar-refractivity contribution >= 4 is 34.9 Å². The second kappa shape index (κ2) is 6.69. The maximum Gasteiger partial charge on any atom is 0.321 e. The van der Waals surface area contributed by atoms with E-state index in [2.05, 4.69) is 5.32 Å². The zero-order valence-corrected chi connectivity index (χ0v) is 10.9. The molecule has 4 nitrogen and oxygen atoms in total. The highest BCUT2D eigenvalue weighted by Crippen LogP contribution is 2.22. The van der Waals surface area contributed by atoms with Gasteiger partial charge in [0.25, 0.3) is 0 Å². The predicted molar refractivity (Wildman–Crippen MR) is 69.8 cm³/mol. The molecule has 1 aromatic carbocycles. The van der Waals surface area contributed by atoms with E-state index in [0.717, 1.165) is 0 Å². The SMILES string of the molecule is CN(CCCO)C(=O)Nc1cc(Cl)cc(Cl)c1. The third-order valence-corrected chi connectivity index (χ3v) is 2.55. The largest absolute Gasteiger partial charge is 0.396 e. The number of nitrogens with one attached hydrogen (secondary N) is 1. The van der Waals surface area contributed by atoms with E-state index in [1.165, 1.54) is 4.90 Å². The molecule has 2 amide bonds. The van der Waals surface area contributed by atoms with Gasteiger partial charge in [-0.3, -0.25) is 0 Å². The van der Waals surface area contributed by atoms with Gasteiger partial charge in [0.05, 0.1) is 0 Å². The molecule has 0 aliphatic heterocycles. The highest BCUT2D eigenvalue weighted by atomic mass is 35.5. The summed E-state index contributed by atoms with van der Waals surface area (Å²) in [5, 5.41) is 12.3. The van der Waals surface area contributed by atoms with E-state index in [-0.39, 0.29) is 12.6 Å². The van der Waals surface area contributed by atoms with E-state index < -0.39 is 0 Å². The Morgan fingerprint density at radius 3 is 2.47 bits per heavy atom. The van der Waals surface area contributed by atoms with Crippen LogP contribution < -0.4 is 5.32 Å². The Kier molecular flexibility index (Phi) is 5.55. The van der Waals surface area contributed by atoms with Crippen molar-refractivity contribution in [1.82, 2.24) is 4.90 Å². The fraction of sp³-hybridized carbons (Fsp3) is 0.364. The van der Waals surface area contributed by atoms with Gasteiger partial charge in [-0.2, -0.15) is 0 Å². The lowest BCUT2D eigenvalue weighted by atomic mass is 10.3. The highest BCUT2D eigenvalue weighted by molar-refractivity contribution is 6.35. The molecule has 2 N–H and O–H groups in total. The van der Waals surface area contributed by atoms with Crippen LogP contribution in [0.3, 0.4) is 0 Å². The second-order valence-corrected chi connectivity index (χ2v) is 4.46. The lowest BCUT2D eigenvalue weighted by Gasteiger charge is -2.17. The average Bonchev–Trinajstić information content (AvgIpc) is 2.24. The third-order valence-electron chi connectivity index (χ3n) is 2.11. The number of urea groups is 1. The zero-order chi connectivity index (χ0) is 12.8. The molecular weight excluding hydrogens is 263 g/mol. The number of benzene rings is 1. The van der Waals surface area contributed by atoms with Crippen LogP contribution >= 0.6 is 23.2 Å². The van der Waals surface area contributed by atoms with E-state index in [4.69, 9.17) is 28.3 Å². The first-order valence-electron chi connectivity index (χ1n) is 5.12. The van der Waals surface area contributed by atoms with Crippen LogP contribution in [0.25, 0.3) is 0 Å². The van der Waals surface area contributed by atoms with Crippen molar-refractivity contribution in [1.29, 1.82) is 0 Å². The summed E-state index contributed by atoms with van der Waals surface area (Å²) in [4.78, 5) is 13.2. The smallest absolute Gasteiger partial charge is 0.321 e. The van der Waals surface area contributed by atoms with Crippen molar-refractivity contribution in [3.8, 4) is 0 Å². The molecule has 0 bridgehead atoms. The minimum atomic E-state index is -0.267. The van der Waals surface area contributed by atoms with Gasteiger partial charge in [0.15, 0.2) is 0 Å². The molecule has 0 fully saturated rings. The summed E-state index contributed by atoms with van der Waals surface area (Å²) in [5.41, 5.74) is 0.545. The summed E-state index contributed by atoms with van der Waals surface area (Å²) in [7, 11) is 1.65. The van der Waals surface area contributed by atoms with Gasteiger partial charge >= 0.3 is 6.03 Å². The van der Waals surface area contributed by atoms with Crippen molar-refractivity contribution in [3.05, 3.63) is 28.2 Å². The van der Waals surface area contributed by atoms with Gasteiger partial charge in [0.2, 0.25) is 0 Å². The number of aliphatic hydroxyl groups is 1. The normalized spacial score (nSPS) is 10.1. The van der Waals surface area contributed by atoms with Crippen LogP contribution in [0.5, 0.6) is 0 Å². The number of nitrogens with zero attached hydrogens (tertiary/aromatic N) is 1. The number of hydrogen-bond donors (Lipinski definition) is 2. The molecule has 94 valence electrons. The Morgan fingerprint density at radius 1 is 1.35 bits per heavy atom. The minimum Gasteiger partial charge on any atom is -0.396 e. The summed E-state index contributed by atoms with van der Waals surface area (Å²) in [5.74, 6) is 0. The maximum atomic E-state index is 11.7. The standard InChI is InChI=1S/C11H14Cl2N2O2/c1-15(3-2-4-16)11(17)14-10-6-8(12)5-9(13)7-10/h5-7,16H,2-4H2,1H3,(H,14,17). The molecular formula is C11H14Cl2N2O2. The lowest BCUT2D eigenvalue weighted by Crippen LogP contribution is -2.32. The van der Waals surface area contributed by atoms with Crippen molar-refractivity contribution in [2.45, 2.75) is 6.42 Å². The van der Waals surface area contributed by atoms with Crippen LogP contribution in [0.1, 0.15) is 6.42 Å². The monoisotopic (exact) mass is 276 g/mol. The van der Waals surface area contributed by atoms with E-state index in [9.17, 15) is 4.79 Å². The summed E-state index contributed by atoms with van der Waals surface area (Å²) >= 11 is 11.6. The fourth-order valence-corrected chi connectivity index (χ4v) is 1.78. The Balaban J connectivity index is 2.61. The molecule has 6 heteroatoms. The van der Waals surface area contributed by atoms with Gasteiger partial charge in [0.1, 0.15) is 0 Å². The maximum absolute atomic E-state index is 11.7. The van der Waals surface area contributed by atoms with Crippen LogP contribution in [-0.2, 0) is 0 Å². The third kappa shape index (κ3) is 4.81. The first-order chi connectivity index (χ1) is 8.02. The molecule has 1 rings (SSSR count). The molecule has 0 aliphatic carbocycles. The van der Waals surface area contributed by atoms with Crippen molar-refractivity contribution < 1.29 is 9.90 Å². The first-order valence-corrected chi connectivity index (χ1v) is 5.87. The van der Waals surface area contributed by atoms with Gasteiger partial charge in [-0.15, -0.1) is 0 Å². The van der Waals surface area contributed by atoms with Crippen LogP contribution in [0.4, 0.5) is 10.5 Å². The van der Waals surface area contributed by atoms with Crippen LogP contribution in [0.2, 0.25) is 10.0 Å². The molecule has 0 aliphatic rings. The van der Waals surface area contributed by atoms with Crippen LogP contribution in [-0.4, -0.2) is 36.2 Å². The van der Waals surface area contributed by atoms with Gasteiger partial charge < -0.3 is 15.3 Å². The number of anilines is 1. The molecule has 0 saturated carbocycles. The molecule has 17 heavy (non-hydrogen) atoms. The number of halogens is 2. The van der Waals surface area contributed by atoms with Gasteiger partial charge in [-0.05, 0) is 24.6 Å². The number of hydrogen-bond acceptors (Lipinski definition) is 2. The molecule has 0 spiro atoms. The van der Waals surface area contributed by atoms with E-state index in [1.54, 1.807) is 25.2 Å². The summed E-state index contributed by atoms with van der Waals surface area (Å²) in [6.45, 7) is 0.539. The first kappa shape index (κ1) is 14.1. The van der Waals surface area contributed by atoms with Crippen molar-refractivity contribution in [2.24, 2.45) is 0 Å². The van der Waals surface area contributed by atoms with Gasteiger partial charge in [-0.1, -0.05) is 23.2 Å². The van der Waals surface area contributed by atoms with E-state index in [1.807, 2.05) is 0 Å². The Morgan fingerprint density at radius 2 is 1.94 bits per heavy atom. The number of rotatable bonds is 4. The van der Waals surface area contributed by atoms with E-state index >= 15 is 0 Å². The number of amides is 2. The average molecular weight is 277 g/mol.